The lowest BCUT2D eigenvalue weighted by Gasteiger charge is -2.12. The van der Waals surface area contributed by atoms with Crippen LogP contribution < -0.4 is 5.32 Å². The van der Waals surface area contributed by atoms with E-state index >= 15 is 0 Å². The molecule has 0 unspecified atom stereocenters. The van der Waals surface area contributed by atoms with Gasteiger partial charge in [-0.1, -0.05) is 0 Å². The highest BCUT2D eigenvalue weighted by Crippen LogP contribution is 2.29. The van der Waals surface area contributed by atoms with Crippen LogP contribution in [0.3, 0.4) is 0 Å². The summed E-state index contributed by atoms with van der Waals surface area (Å²) in [6, 6.07) is 1.56. The van der Waals surface area contributed by atoms with Gasteiger partial charge in [-0.25, -0.2) is 14.4 Å². The number of halogens is 1. The third-order valence-corrected chi connectivity index (χ3v) is 3.98. The second kappa shape index (κ2) is 6.14. The third-order valence-electron chi connectivity index (χ3n) is 3.98. The summed E-state index contributed by atoms with van der Waals surface area (Å²) in [5, 5.41) is 4.00. The summed E-state index contributed by atoms with van der Waals surface area (Å²) < 4.78 is 21.0. The first-order valence-corrected chi connectivity index (χ1v) is 7.88. The molecule has 128 valence electrons. The molecule has 0 aliphatic carbocycles. The van der Waals surface area contributed by atoms with Gasteiger partial charge in [0.1, 0.15) is 5.65 Å². The lowest BCUT2D eigenvalue weighted by Crippen LogP contribution is -2.22. The molecule has 0 aliphatic rings. The van der Waals surface area contributed by atoms with Gasteiger partial charge in [-0.2, -0.15) is 4.98 Å². The Morgan fingerprint density at radius 3 is 3.12 bits per heavy atom. The van der Waals surface area contributed by atoms with Crippen LogP contribution in [0.15, 0.2) is 37.1 Å². The number of hydrogen-bond acceptors (Lipinski definition) is 5. The van der Waals surface area contributed by atoms with Crippen molar-refractivity contribution in [3.63, 3.8) is 0 Å². The molecule has 0 aromatic carbocycles. The zero-order valence-electron chi connectivity index (χ0n) is 13.8. The van der Waals surface area contributed by atoms with Crippen molar-refractivity contribution in [3.8, 4) is 11.1 Å². The SMILES string of the molecule is COC[C@H](C)Nc1ncc2c(-c3cc(F)c4nccn4c3)c[nH]c2n1. The van der Waals surface area contributed by atoms with Crippen LogP contribution in [0.2, 0.25) is 0 Å². The number of aromatic nitrogens is 5. The molecule has 0 amide bonds. The number of imidazole rings is 1. The first-order valence-electron chi connectivity index (χ1n) is 7.88. The maximum absolute atomic E-state index is 14.2. The molecule has 0 aliphatic heterocycles. The van der Waals surface area contributed by atoms with Crippen molar-refractivity contribution in [2.75, 3.05) is 19.0 Å². The number of H-pyrrole nitrogens is 1. The van der Waals surface area contributed by atoms with Crippen molar-refractivity contribution in [1.82, 2.24) is 24.3 Å². The van der Waals surface area contributed by atoms with E-state index in [2.05, 4.69) is 25.3 Å². The van der Waals surface area contributed by atoms with Crippen molar-refractivity contribution in [2.24, 2.45) is 0 Å². The third kappa shape index (κ3) is 2.80. The Hall–Kier alpha value is -3.00. The maximum atomic E-state index is 14.2. The molecule has 4 aromatic heterocycles. The monoisotopic (exact) mass is 340 g/mol. The fraction of sp³-hybridized carbons (Fsp3) is 0.235. The average molecular weight is 340 g/mol. The molecule has 0 saturated carbocycles. The molecule has 0 spiro atoms. The van der Waals surface area contributed by atoms with Crippen LogP contribution in [0.4, 0.5) is 10.3 Å². The minimum Gasteiger partial charge on any atom is -0.383 e. The molecule has 25 heavy (non-hydrogen) atoms. The Morgan fingerprint density at radius 2 is 2.28 bits per heavy atom. The molecule has 0 radical (unpaired) electrons. The van der Waals surface area contributed by atoms with Crippen molar-refractivity contribution in [1.29, 1.82) is 0 Å². The standard InChI is InChI=1S/C17H17FN6O/c1-10(9-25-2)22-17-21-7-13-12(6-20-15(13)23-17)11-5-14(18)16-19-3-4-24(16)8-11/h3-8,10H,9H2,1-2H3,(H2,20,21,22,23)/t10-/m0/s1. The molecular weight excluding hydrogens is 323 g/mol. The number of nitrogens with zero attached hydrogens (tertiary/aromatic N) is 4. The molecule has 4 rings (SSSR count). The van der Waals surface area contributed by atoms with E-state index in [4.69, 9.17) is 4.74 Å². The highest BCUT2D eigenvalue weighted by Gasteiger charge is 2.13. The minimum absolute atomic E-state index is 0.0922. The van der Waals surface area contributed by atoms with Crippen molar-refractivity contribution in [2.45, 2.75) is 13.0 Å². The number of ether oxygens (including phenoxy) is 1. The highest BCUT2D eigenvalue weighted by molar-refractivity contribution is 5.93. The van der Waals surface area contributed by atoms with E-state index < -0.39 is 0 Å². The first-order chi connectivity index (χ1) is 12.2. The van der Waals surface area contributed by atoms with Gasteiger partial charge in [0, 0.05) is 60.6 Å². The summed E-state index contributed by atoms with van der Waals surface area (Å²) in [7, 11) is 1.65. The van der Waals surface area contributed by atoms with Gasteiger partial charge < -0.3 is 19.4 Å². The number of nitrogens with one attached hydrogen (secondary N) is 2. The average Bonchev–Trinajstić information content (AvgIpc) is 3.21. The van der Waals surface area contributed by atoms with E-state index in [0.29, 0.717) is 23.8 Å². The summed E-state index contributed by atoms with van der Waals surface area (Å²) in [5.41, 5.74) is 2.55. The van der Waals surface area contributed by atoms with Gasteiger partial charge in [0.05, 0.1) is 6.61 Å². The summed E-state index contributed by atoms with van der Waals surface area (Å²) >= 11 is 0. The molecule has 4 heterocycles. The number of methoxy groups -OCH3 is 1. The molecule has 2 N–H and O–H groups in total. The molecule has 1 atom stereocenters. The lowest BCUT2D eigenvalue weighted by molar-refractivity contribution is 0.190. The van der Waals surface area contributed by atoms with Crippen LogP contribution in [0.25, 0.3) is 27.8 Å². The Labute approximate surface area is 142 Å². The number of pyridine rings is 1. The second-order valence-electron chi connectivity index (χ2n) is 5.89. The quantitative estimate of drug-likeness (QED) is 0.584. The molecule has 7 nitrogen and oxygen atoms in total. The molecule has 4 aromatic rings. The fourth-order valence-corrected chi connectivity index (χ4v) is 2.87. The predicted octanol–water partition coefficient (Wildman–Crippen LogP) is 2.86. The molecule has 0 fully saturated rings. The highest BCUT2D eigenvalue weighted by atomic mass is 19.1. The predicted molar refractivity (Wildman–Crippen MR) is 93.0 cm³/mol. The molecule has 0 bridgehead atoms. The number of anilines is 1. The van der Waals surface area contributed by atoms with E-state index in [1.54, 1.807) is 36.3 Å². The van der Waals surface area contributed by atoms with Gasteiger partial charge in [0.15, 0.2) is 11.5 Å². The van der Waals surface area contributed by atoms with E-state index in [9.17, 15) is 4.39 Å². The Morgan fingerprint density at radius 1 is 1.40 bits per heavy atom. The summed E-state index contributed by atoms with van der Waals surface area (Å²) in [6.45, 7) is 2.54. The van der Waals surface area contributed by atoms with Gasteiger partial charge in [0.2, 0.25) is 5.95 Å². The van der Waals surface area contributed by atoms with Crippen LogP contribution in [0, 0.1) is 5.82 Å². The fourth-order valence-electron chi connectivity index (χ4n) is 2.87. The second-order valence-corrected chi connectivity index (χ2v) is 5.89. The van der Waals surface area contributed by atoms with Crippen molar-refractivity contribution in [3.05, 3.63) is 42.9 Å². The zero-order valence-corrected chi connectivity index (χ0v) is 13.8. The molecule has 0 saturated heterocycles. The van der Waals surface area contributed by atoms with E-state index in [0.717, 1.165) is 16.5 Å². The Bertz CT molecular complexity index is 1040. The van der Waals surface area contributed by atoms with Gasteiger partial charge >= 0.3 is 0 Å². The van der Waals surface area contributed by atoms with Gasteiger partial charge in [-0.05, 0) is 13.0 Å². The van der Waals surface area contributed by atoms with E-state index in [1.165, 1.54) is 6.07 Å². The maximum Gasteiger partial charge on any atom is 0.224 e. The first kappa shape index (κ1) is 15.5. The van der Waals surface area contributed by atoms with E-state index in [1.807, 2.05) is 13.1 Å². The smallest absolute Gasteiger partial charge is 0.224 e. The number of fused-ring (bicyclic) bond motifs is 2. The van der Waals surface area contributed by atoms with E-state index in [-0.39, 0.29) is 11.9 Å². The summed E-state index contributed by atoms with van der Waals surface area (Å²) in [4.78, 5) is 15.9. The van der Waals surface area contributed by atoms with Crippen LogP contribution in [0.5, 0.6) is 0 Å². The topological polar surface area (TPSA) is 80.1 Å². The van der Waals surface area contributed by atoms with Crippen LogP contribution in [0.1, 0.15) is 6.92 Å². The molecule has 8 heteroatoms. The normalized spacial score (nSPS) is 12.8. The Kier molecular flexibility index (Phi) is 3.81. The van der Waals surface area contributed by atoms with Gasteiger partial charge in [-0.15, -0.1) is 0 Å². The summed E-state index contributed by atoms with van der Waals surface area (Å²) in [6.07, 6.45) is 8.65. The van der Waals surface area contributed by atoms with Crippen LogP contribution in [-0.2, 0) is 4.74 Å². The largest absolute Gasteiger partial charge is 0.383 e. The van der Waals surface area contributed by atoms with Crippen LogP contribution >= 0.6 is 0 Å². The van der Waals surface area contributed by atoms with Crippen LogP contribution in [-0.4, -0.2) is 44.1 Å². The van der Waals surface area contributed by atoms with Crippen molar-refractivity contribution >= 4 is 22.6 Å². The van der Waals surface area contributed by atoms with Gasteiger partial charge in [-0.3, -0.25) is 0 Å². The summed E-state index contributed by atoms with van der Waals surface area (Å²) in [5.74, 6) is 0.145. The number of rotatable bonds is 5. The number of aromatic amines is 1. The Balaban J connectivity index is 1.72. The zero-order chi connectivity index (χ0) is 17.4. The van der Waals surface area contributed by atoms with Crippen molar-refractivity contribution < 1.29 is 9.13 Å². The lowest BCUT2D eigenvalue weighted by atomic mass is 10.1. The molecular formula is C17H17FN6O. The number of hydrogen-bond donors (Lipinski definition) is 2. The minimum atomic E-state index is -0.371. The van der Waals surface area contributed by atoms with Gasteiger partial charge in [0.25, 0.3) is 0 Å².